The topological polar surface area (TPSA) is 103 Å². The van der Waals surface area contributed by atoms with Gasteiger partial charge >= 0.3 is 0 Å². The quantitative estimate of drug-likeness (QED) is 0.355. The third-order valence-corrected chi connectivity index (χ3v) is 20.5. The number of allylic oxidation sites excluding steroid dienone is 1. The lowest BCUT2D eigenvalue weighted by Gasteiger charge is -2.54. The number of carbonyl (C=O) groups is 1. The molecule has 20 heteroatoms. The molecule has 0 N–H and O–H groups in total. The molecule has 0 aliphatic carbocycles. The minimum Gasteiger partial charge on any atom is -0.380 e. The largest absolute Gasteiger partial charge is 0.380 e. The molecule has 2 atom stereocenters. The predicted octanol–water partition coefficient (Wildman–Crippen LogP) is 3.25. The van der Waals surface area contributed by atoms with Crippen molar-refractivity contribution in [1.82, 2.24) is 39.2 Å². The Labute approximate surface area is 415 Å². The summed E-state index contributed by atoms with van der Waals surface area (Å²) in [6.45, 7) is 15.2. The number of fused-ring (bicyclic) bond motifs is 2. The number of hydrogen-bond donors (Lipinski definition) is 0. The van der Waals surface area contributed by atoms with E-state index in [1.807, 2.05) is 42.0 Å². The van der Waals surface area contributed by atoms with Gasteiger partial charge in [0.25, 0.3) is 5.92 Å². The standard InChI is InChI=1S/C7H13NS.C6H11F2N.C6H11NO.C6H9NO.C6H11NS.C5H11NO2S.C5H11NOS.C5H11NS/c1-8-6-2-3-7(8)5-9-4-6;1-9-4-2-6(7,8)3-5-9;1-7-2-6(3-7)4-8-5-6;1-7-4-2-6(8)3-5-7;1-7-2-6(3-7)4-8-5-6;1-6-2-4-9(7,8)5-3-6;1-6-2-4-8(7)5-3-6;1-6-2-4-7-5-3-6/h6-7H,2-5H2,1H3;2-5H2,1H3;2-5H2,1H3;2,4H,3,5H2,1H3;2-5H2,1H3;2-5H2,1H3;2-5H2,1H3;2-5H2,1H3. The second kappa shape index (κ2) is 28.8. The van der Waals surface area contributed by atoms with E-state index in [4.69, 9.17) is 4.74 Å². The first-order valence-corrected chi connectivity index (χ1v) is 30.9. The van der Waals surface area contributed by atoms with E-state index >= 15 is 0 Å². The lowest BCUT2D eigenvalue weighted by molar-refractivity contribution is -0.182. The van der Waals surface area contributed by atoms with E-state index < -0.39 is 26.6 Å². The summed E-state index contributed by atoms with van der Waals surface area (Å²) in [5.74, 6) is 8.55. The van der Waals surface area contributed by atoms with Gasteiger partial charge in [0.1, 0.15) is 0 Å². The first kappa shape index (κ1) is 58.5. The maximum Gasteiger partial charge on any atom is 0.250 e. The van der Waals surface area contributed by atoms with Gasteiger partial charge in [0.15, 0.2) is 15.6 Å². The number of nitrogens with zero attached hydrogens (tertiary/aromatic N) is 8. The Morgan fingerprint density at radius 2 is 1.12 bits per heavy atom. The monoisotopic (exact) mass is 1030 g/mol. The van der Waals surface area contributed by atoms with Crippen molar-refractivity contribution in [3.63, 3.8) is 0 Å². The number of ether oxygens (including phenoxy) is 1. The molecule has 0 aromatic rings. The summed E-state index contributed by atoms with van der Waals surface area (Å²) in [5, 5.41) is 0. The van der Waals surface area contributed by atoms with Crippen molar-refractivity contribution in [2.75, 3.05) is 212 Å². The van der Waals surface area contributed by atoms with Crippen LogP contribution in [0.15, 0.2) is 12.3 Å². The highest BCUT2D eigenvalue weighted by molar-refractivity contribution is 8.00. The number of likely N-dealkylation sites (tertiary alicyclic amines) is 3. The van der Waals surface area contributed by atoms with Crippen LogP contribution in [0.4, 0.5) is 8.78 Å². The molecule has 2 spiro atoms. The third kappa shape index (κ3) is 22.1. The Kier molecular flexibility index (Phi) is 25.5. The second-order valence-electron chi connectivity index (χ2n) is 20.6. The molecule has 11 rings (SSSR count). The van der Waals surface area contributed by atoms with Gasteiger partial charge < -0.3 is 39.0 Å². The molecule has 2 unspecified atom stereocenters. The van der Waals surface area contributed by atoms with Crippen molar-refractivity contribution in [1.29, 1.82) is 0 Å². The molecular formula is C46H88F2N8O5S5. The molecule has 10 saturated heterocycles. The highest BCUT2D eigenvalue weighted by atomic mass is 32.2. The van der Waals surface area contributed by atoms with Crippen LogP contribution in [-0.4, -0.2) is 288 Å². The molecule has 11 aliphatic rings. The van der Waals surface area contributed by atoms with Crippen LogP contribution in [0.5, 0.6) is 0 Å². The highest BCUT2D eigenvalue weighted by Crippen LogP contribution is 2.44. The number of piperidine rings is 1. The van der Waals surface area contributed by atoms with Crippen LogP contribution in [0, 0.1) is 10.8 Å². The van der Waals surface area contributed by atoms with Gasteiger partial charge in [0.2, 0.25) is 0 Å². The first-order chi connectivity index (χ1) is 31.2. The number of ketones is 1. The molecule has 0 amide bonds. The van der Waals surface area contributed by atoms with Crippen LogP contribution < -0.4 is 0 Å². The summed E-state index contributed by atoms with van der Waals surface area (Å²) in [6, 6.07) is 1.85. The zero-order chi connectivity index (χ0) is 48.4. The Hall–Kier alpha value is -0.100. The number of thioether (sulfide) groups is 3. The van der Waals surface area contributed by atoms with Crippen molar-refractivity contribution >= 4 is 61.7 Å². The van der Waals surface area contributed by atoms with Gasteiger partial charge in [-0.15, -0.1) is 0 Å². The average molecular weight is 1030 g/mol. The van der Waals surface area contributed by atoms with Gasteiger partial charge in [0.05, 0.1) is 24.7 Å². The average Bonchev–Trinajstić information content (AvgIpc) is 3.40. The third-order valence-electron chi connectivity index (χ3n) is 13.8. The summed E-state index contributed by atoms with van der Waals surface area (Å²) in [4.78, 5) is 28.3. The number of hydrogen-bond acceptors (Lipinski definition) is 16. The van der Waals surface area contributed by atoms with E-state index in [9.17, 15) is 26.2 Å². The SMILES string of the molecule is CN1C2CCC1CSC2.CN1C=CC(=O)CC1.CN1CC2(COC2)C1.CN1CC2(CSC2)C1.CN1CCC(F)(F)CC1.CN1CCS(=O)(=O)CC1.CN1CCS(=O)CC1.CN1CCSCC1. The smallest absolute Gasteiger partial charge is 0.250 e. The Morgan fingerprint density at radius 1 is 0.636 bits per heavy atom. The summed E-state index contributed by atoms with van der Waals surface area (Å²) >= 11 is 6.29. The number of carbonyl (C=O) groups excluding carboxylic acids is 1. The maximum atomic E-state index is 12.4. The van der Waals surface area contributed by atoms with Crippen molar-refractivity contribution in [2.45, 2.75) is 50.1 Å². The fourth-order valence-corrected chi connectivity index (χ4v) is 15.3. The lowest BCUT2D eigenvalue weighted by atomic mass is 9.79. The maximum absolute atomic E-state index is 12.4. The Balaban J connectivity index is 0.000000165. The summed E-state index contributed by atoms with van der Waals surface area (Å²) in [7, 11) is 13.5. The number of rotatable bonds is 0. The summed E-state index contributed by atoms with van der Waals surface area (Å²) < 4.78 is 62.0. The van der Waals surface area contributed by atoms with E-state index in [2.05, 4.69) is 95.0 Å². The molecule has 0 radical (unpaired) electrons. The zero-order valence-corrected chi connectivity index (χ0v) is 46.0. The van der Waals surface area contributed by atoms with Gasteiger partial charge in [-0.05, 0) is 68.3 Å². The van der Waals surface area contributed by atoms with Gasteiger partial charge in [0, 0.05) is 197 Å². The molecule has 0 saturated carbocycles. The van der Waals surface area contributed by atoms with Crippen LogP contribution in [0.1, 0.15) is 32.1 Å². The Morgan fingerprint density at radius 3 is 1.42 bits per heavy atom. The van der Waals surface area contributed by atoms with E-state index in [1.54, 1.807) is 6.08 Å². The lowest BCUT2D eigenvalue weighted by Crippen LogP contribution is -2.64. The van der Waals surface area contributed by atoms with Crippen LogP contribution in [0.2, 0.25) is 0 Å². The minimum atomic E-state index is -2.66. The molecule has 10 fully saturated rings. The summed E-state index contributed by atoms with van der Waals surface area (Å²) in [6.07, 6.45) is 7.07. The molecule has 11 aliphatic heterocycles. The van der Waals surface area contributed by atoms with Crippen LogP contribution in [0.3, 0.4) is 0 Å². The molecule has 2 bridgehead atoms. The molecule has 0 aromatic carbocycles. The molecule has 13 nitrogen and oxygen atoms in total. The van der Waals surface area contributed by atoms with Crippen LogP contribution in [0.25, 0.3) is 0 Å². The fraction of sp³-hybridized carbons (Fsp3) is 0.935. The number of sulfone groups is 1. The van der Waals surface area contributed by atoms with Gasteiger partial charge in [-0.2, -0.15) is 35.3 Å². The zero-order valence-electron chi connectivity index (χ0n) is 41.9. The first-order valence-electron chi connectivity index (χ1n) is 24.2. The van der Waals surface area contributed by atoms with E-state index in [1.165, 1.54) is 86.6 Å². The molecule has 386 valence electrons. The molecule has 66 heavy (non-hydrogen) atoms. The number of alkyl halides is 2. The predicted molar refractivity (Wildman–Crippen MR) is 279 cm³/mol. The molecule has 0 aromatic heterocycles. The van der Waals surface area contributed by atoms with Gasteiger partial charge in [-0.25, -0.2) is 17.2 Å². The Bertz CT molecular complexity index is 1500. The minimum absolute atomic E-state index is 0.0312. The number of halogens is 2. The van der Waals surface area contributed by atoms with E-state index in [0.29, 0.717) is 49.5 Å². The van der Waals surface area contributed by atoms with Gasteiger partial charge in [-0.1, -0.05) is 0 Å². The normalized spacial score (nSPS) is 30.2. The fourth-order valence-electron chi connectivity index (χ4n) is 8.96. The van der Waals surface area contributed by atoms with Crippen molar-refractivity contribution in [2.24, 2.45) is 10.8 Å². The molecule has 11 heterocycles. The summed E-state index contributed by atoms with van der Waals surface area (Å²) in [5.41, 5.74) is 1.42. The molecular weight excluding hydrogens is 943 g/mol. The van der Waals surface area contributed by atoms with Gasteiger partial charge in [-0.3, -0.25) is 13.9 Å². The van der Waals surface area contributed by atoms with Crippen molar-refractivity contribution in [3.8, 4) is 0 Å². The van der Waals surface area contributed by atoms with Crippen molar-refractivity contribution < 1.29 is 30.9 Å². The second-order valence-corrected chi connectivity index (χ2v) is 27.9. The van der Waals surface area contributed by atoms with Crippen LogP contribution >= 0.6 is 35.3 Å². The van der Waals surface area contributed by atoms with Crippen LogP contribution in [-0.2, 0) is 30.2 Å². The van der Waals surface area contributed by atoms with E-state index in [-0.39, 0.29) is 18.6 Å². The van der Waals surface area contributed by atoms with Crippen molar-refractivity contribution in [3.05, 3.63) is 12.3 Å². The van der Waals surface area contributed by atoms with E-state index in [0.717, 1.165) is 61.9 Å². The highest BCUT2D eigenvalue weighted by Gasteiger charge is 2.47.